The molecule has 2 fully saturated rings. The largest absolute Gasteiger partial charge is 0.491 e. The number of urea groups is 1. The molecule has 2 aromatic rings. The first-order valence-corrected chi connectivity index (χ1v) is 19.8. The lowest BCUT2D eigenvalue weighted by molar-refractivity contribution is -0.114. The van der Waals surface area contributed by atoms with Gasteiger partial charge in [0.1, 0.15) is 21.3 Å². The van der Waals surface area contributed by atoms with Gasteiger partial charge in [0.25, 0.3) is 5.91 Å². The highest BCUT2D eigenvalue weighted by Crippen LogP contribution is 2.41. The summed E-state index contributed by atoms with van der Waals surface area (Å²) >= 11 is 6.45. The lowest BCUT2D eigenvalue weighted by atomic mass is 9.70. The summed E-state index contributed by atoms with van der Waals surface area (Å²) < 4.78 is 38.1. The number of fused-ring (bicyclic) bond motifs is 2. The van der Waals surface area contributed by atoms with E-state index in [4.69, 9.17) is 25.8 Å². The maximum Gasteiger partial charge on any atom is 0.330 e. The minimum Gasteiger partial charge on any atom is -0.491 e. The standard InChI is InChI=1S/C37H53ClN4O7S/c1-6-25(2)21-50(46,40-36(44)42-22-37(45,23-42)24-47-4)39-35(43)28-12-15-34-33(18-28)41(20-30-11-14-32(30)26(3)48-5)19-29-10-13-31(38)17-27(29)9-7-8-16-49-34/h10,12-13,15,17-18,25-26,30,32,45H,6-9,11,14,16,19-24H2,1-5H3,(H,39,40,43,44,46)/t25-,26-,30-,32-,50?/m0/s1. The summed E-state index contributed by atoms with van der Waals surface area (Å²) in [6, 6.07) is 10.7. The molecule has 2 aromatic carbocycles. The van der Waals surface area contributed by atoms with Crippen LogP contribution in [0.5, 0.6) is 5.75 Å². The topological polar surface area (TPSA) is 130 Å². The molecular formula is C37H53ClN4O7S. The van der Waals surface area contributed by atoms with Crippen LogP contribution in [0.3, 0.4) is 0 Å². The number of carbonyl (C=O) groups excluding carboxylic acids is 2. The Balaban J connectivity index is 1.49. The molecule has 2 heterocycles. The van der Waals surface area contributed by atoms with E-state index in [0.717, 1.165) is 44.3 Å². The van der Waals surface area contributed by atoms with E-state index in [1.807, 2.05) is 26.0 Å². The molecule has 13 heteroatoms. The normalized spacial score (nSPS) is 22.5. The number of halogens is 1. The molecule has 2 aliphatic heterocycles. The number of nitrogens with one attached hydrogen (secondary N) is 1. The summed E-state index contributed by atoms with van der Waals surface area (Å²) in [6.07, 6.45) is 5.68. The number of rotatable bonds is 11. The molecule has 1 saturated heterocycles. The predicted molar refractivity (Wildman–Crippen MR) is 196 cm³/mol. The van der Waals surface area contributed by atoms with Crippen LogP contribution in [0.2, 0.25) is 5.02 Å². The van der Waals surface area contributed by atoms with Gasteiger partial charge in [-0.1, -0.05) is 37.9 Å². The number of hydrogen-bond acceptors (Lipinski definition) is 8. The molecule has 0 aromatic heterocycles. The Morgan fingerprint density at radius 2 is 1.92 bits per heavy atom. The van der Waals surface area contributed by atoms with Gasteiger partial charge in [0, 0.05) is 37.9 Å². The molecule has 5 atom stereocenters. The quantitative estimate of drug-likeness (QED) is 0.284. The van der Waals surface area contributed by atoms with E-state index >= 15 is 0 Å². The number of ether oxygens (including phenoxy) is 3. The first kappa shape index (κ1) is 38.3. The zero-order valence-corrected chi connectivity index (χ0v) is 31.6. The molecule has 5 rings (SSSR count). The average Bonchev–Trinajstić information content (AvgIpc) is 3.08. The Morgan fingerprint density at radius 3 is 2.60 bits per heavy atom. The van der Waals surface area contributed by atoms with Crippen molar-refractivity contribution in [2.75, 3.05) is 57.7 Å². The third-order valence-corrected chi connectivity index (χ3v) is 12.6. The molecule has 276 valence electrons. The van der Waals surface area contributed by atoms with Crippen molar-refractivity contribution < 1.29 is 33.1 Å². The smallest absolute Gasteiger partial charge is 0.330 e. The van der Waals surface area contributed by atoms with Crippen LogP contribution in [0.25, 0.3) is 0 Å². The van der Waals surface area contributed by atoms with E-state index in [1.165, 1.54) is 23.1 Å². The molecule has 11 nitrogen and oxygen atoms in total. The number of likely N-dealkylation sites (tertiary alicyclic amines) is 1. The number of benzene rings is 2. The number of β-amino-alcohol motifs (C(OH)–C–C–N with tert-alkyl or cyclic N) is 1. The van der Waals surface area contributed by atoms with Gasteiger partial charge in [0.05, 0.1) is 43.8 Å². The van der Waals surface area contributed by atoms with Crippen molar-refractivity contribution in [1.82, 2.24) is 9.62 Å². The summed E-state index contributed by atoms with van der Waals surface area (Å²) in [7, 11) is -0.277. The van der Waals surface area contributed by atoms with Crippen LogP contribution >= 0.6 is 11.6 Å². The number of anilines is 1. The van der Waals surface area contributed by atoms with Gasteiger partial charge in [-0.25, -0.2) is 9.00 Å². The number of hydrogen-bond donors (Lipinski definition) is 2. The minimum absolute atomic E-state index is 0.0113. The van der Waals surface area contributed by atoms with E-state index in [0.29, 0.717) is 42.2 Å². The molecule has 0 radical (unpaired) electrons. The summed E-state index contributed by atoms with van der Waals surface area (Å²) in [4.78, 5) is 30.7. The van der Waals surface area contributed by atoms with Gasteiger partial charge < -0.3 is 29.1 Å². The third-order valence-electron chi connectivity index (χ3n) is 10.4. The number of aryl methyl sites for hydroxylation is 1. The summed E-state index contributed by atoms with van der Waals surface area (Å²) in [5.41, 5.74) is 2.23. The number of aliphatic hydroxyl groups is 1. The van der Waals surface area contributed by atoms with Crippen molar-refractivity contribution in [3.05, 3.63) is 58.1 Å². The van der Waals surface area contributed by atoms with Crippen LogP contribution in [0, 0.1) is 17.8 Å². The fourth-order valence-electron chi connectivity index (χ4n) is 7.11. The minimum atomic E-state index is -3.51. The molecule has 2 N–H and O–H groups in total. The van der Waals surface area contributed by atoms with Crippen LogP contribution in [0.15, 0.2) is 40.8 Å². The molecule has 3 amide bonds. The van der Waals surface area contributed by atoms with E-state index in [-0.39, 0.29) is 43.0 Å². The fraction of sp³-hybridized carbons (Fsp3) is 0.622. The van der Waals surface area contributed by atoms with Crippen molar-refractivity contribution in [2.45, 2.75) is 77.5 Å². The second kappa shape index (κ2) is 16.6. The Hall–Kier alpha value is -2.90. The lowest BCUT2D eigenvalue weighted by Crippen LogP contribution is -2.67. The SMILES string of the molecule is CC[C@H](C)CS(=O)(=NC(=O)c1ccc2c(c1)N(C[C@@H]1CC[C@H]1[C@H](C)OC)Cc1ccc(Cl)cc1CCCCO2)NC(=O)N1CC(O)(COC)C1. The van der Waals surface area contributed by atoms with Gasteiger partial charge in [0.15, 0.2) is 0 Å². The van der Waals surface area contributed by atoms with Gasteiger partial charge in [0.2, 0.25) is 0 Å². The van der Waals surface area contributed by atoms with Gasteiger partial charge in [-0.3, -0.25) is 9.52 Å². The van der Waals surface area contributed by atoms with Crippen LogP contribution in [-0.2, 0) is 32.4 Å². The second-order valence-corrected chi connectivity index (χ2v) is 16.8. The highest BCUT2D eigenvalue weighted by Gasteiger charge is 2.44. The summed E-state index contributed by atoms with van der Waals surface area (Å²) in [5.74, 6) is 0.725. The van der Waals surface area contributed by atoms with Crippen molar-refractivity contribution in [2.24, 2.45) is 22.1 Å². The lowest BCUT2D eigenvalue weighted by Gasteiger charge is -2.45. The third kappa shape index (κ3) is 9.30. The molecule has 1 unspecified atom stereocenters. The van der Waals surface area contributed by atoms with Gasteiger partial charge in [-0.05, 0) is 98.2 Å². The molecule has 0 spiro atoms. The molecule has 50 heavy (non-hydrogen) atoms. The molecule has 1 aliphatic carbocycles. The highest BCUT2D eigenvalue weighted by molar-refractivity contribution is 7.92. The monoisotopic (exact) mass is 732 g/mol. The van der Waals surface area contributed by atoms with E-state index in [9.17, 15) is 18.9 Å². The number of amides is 3. The number of nitrogens with zero attached hydrogens (tertiary/aromatic N) is 3. The highest BCUT2D eigenvalue weighted by atomic mass is 35.5. The molecule has 3 aliphatic rings. The Bertz CT molecular complexity index is 1640. The number of methoxy groups -OCH3 is 2. The second-order valence-electron chi connectivity index (χ2n) is 14.4. The molecule has 1 saturated carbocycles. The summed E-state index contributed by atoms with van der Waals surface area (Å²) in [6.45, 7) is 7.96. The van der Waals surface area contributed by atoms with Crippen molar-refractivity contribution >= 4 is 39.1 Å². The van der Waals surface area contributed by atoms with E-state index in [1.54, 1.807) is 25.3 Å². The zero-order valence-electron chi connectivity index (χ0n) is 30.0. The van der Waals surface area contributed by atoms with Crippen LogP contribution in [0.4, 0.5) is 10.5 Å². The fourth-order valence-corrected chi connectivity index (χ4v) is 9.29. The predicted octanol–water partition coefficient (Wildman–Crippen LogP) is 6.09. The summed E-state index contributed by atoms with van der Waals surface area (Å²) in [5, 5.41) is 11.2. The van der Waals surface area contributed by atoms with E-state index < -0.39 is 27.5 Å². The Kier molecular flexibility index (Phi) is 12.7. The van der Waals surface area contributed by atoms with Crippen molar-refractivity contribution in [1.29, 1.82) is 0 Å². The maximum atomic E-state index is 14.2. The Morgan fingerprint density at radius 1 is 1.14 bits per heavy atom. The zero-order chi connectivity index (χ0) is 36.1. The van der Waals surface area contributed by atoms with E-state index in [2.05, 4.69) is 27.0 Å². The van der Waals surface area contributed by atoms with Gasteiger partial charge in [-0.15, -0.1) is 4.36 Å². The first-order chi connectivity index (χ1) is 23.9. The van der Waals surface area contributed by atoms with Crippen LogP contribution in [-0.4, -0.2) is 90.7 Å². The Labute approximate surface area is 302 Å². The first-order valence-electron chi connectivity index (χ1n) is 17.7. The van der Waals surface area contributed by atoms with Gasteiger partial charge >= 0.3 is 6.03 Å². The average molecular weight is 733 g/mol. The molecule has 0 bridgehead atoms. The van der Waals surface area contributed by atoms with Crippen molar-refractivity contribution in [3.63, 3.8) is 0 Å². The molecular weight excluding hydrogens is 680 g/mol. The maximum absolute atomic E-state index is 14.2. The van der Waals surface area contributed by atoms with Crippen LogP contribution < -0.4 is 14.4 Å². The van der Waals surface area contributed by atoms with Gasteiger partial charge in [-0.2, -0.15) is 0 Å². The van der Waals surface area contributed by atoms with Crippen molar-refractivity contribution in [3.8, 4) is 5.75 Å². The number of carbonyl (C=O) groups is 2. The van der Waals surface area contributed by atoms with Crippen LogP contribution in [0.1, 0.15) is 74.4 Å².